The van der Waals surface area contributed by atoms with Gasteiger partial charge in [0.05, 0.1) is 12.1 Å². The van der Waals surface area contributed by atoms with Crippen molar-refractivity contribution >= 4 is 5.97 Å². The van der Waals surface area contributed by atoms with Gasteiger partial charge in [-0.2, -0.15) is 5.48 Å². The van der Waals surface area contributed by atoms with Crippen LogP contribution in [-0.4, -0.2) is 21.8 Å². The Morgan fingerprint density at radius 1 is 1.67 bits per heavy atom. The van der Waals surface area contributed by atoms with Crippen LogP contribution in [0.25, 0.3) is 0 Å². The van der Waals surface area contributed by atoms with Crippen LogP contribution < -0.4 is 5.48 Å². The summed E-state index contributed by atoms with van der Waals surface area (Å²) in [4.78, 5) is 15.7. The molecule has 0 fully saturated rings. The van der Waals surface area contributed by atoms with Crippen LogP contribution in [0.5, 0.6) is 0 Å². The van der Waals surface area contributed by atoms with Gasteiger partial charge in [-0.3, -0.25) is 4.84 Å². The molecule has 1 aromatic heterocycles. The zero-order valence-electron chi connectivity index (χ0n) is 8.90. The predicted octanol–water partition coefficient (Wildman–Crippen LogP) is 1.19. The van der Waals surface area contributed by atoms with E-state index in [4.69, 9.17) is 14.5 Å². The molecule has 2 N–H and O–H groups in total. The van der Waals surface area contributed by atoms with Crippen molar-refractivity contribution < 1.29 is 19.3 Å². The van der Waals surface area contributed by atoms with Crippen molar-refractivity contribution in [2.75, 3.05) is 0 Å². The average molecular weight is 214 g/mol. The number of carboxylic acid groups (broad SMARTS) is 1. The lowest BCUT2D eigenvalue weighted by Gasteiger charge is -2.18. The van der Waals surface area contributed by atoms with Gasteiger partial charge in [0, 0.05) is 6.07 Å². The van der Waals surface area contributed by atoms with E-state index in [1.807, 2.05) is 20.8 Å². The summed E-state index contributed by atoms with van der Waals surface area (Å²) in [6, 6.07) is 1.35. The van der Waals surface area contributed by atoms with Crippen molar-refractivity contribution in [2.24, 2.45) is 0 Å². The fourth-order valence-corrected chi connectivity index (χ4v) is 0.821. The number of hydrogen-bond acceptors (Lipinski definition) is 5. The van der Waals surface area contributed by atoms with E-state index in [9.17, 15) is 4.79 Å². The van der Waals surface area contributed by atoms with Gasteiger partial charge in [-0.15, -0.1) is 0 Å². The lowest BCUT2D eigenvalue weighted by molar-refractivity contribution is -0.0779. The molecule has 0 atom stereocenters. The number of aromatic nitrogens is 1. The lowest BCUT2D eigenvalue weighted by Crippen LogP contribution is -2.28. The first-order chi connectivity index (χ1) is 6.88. The molecule has 1 heterocycles. The maximum atomic E-state index is 10.5. The Bertz CT molecular complexity index is 340. The number of carboxylic acids is 1. The van der Waals surface area contributed by atoms with Gasteiger partial charge in [0.1, 0.15) is 0 Å². The fourth-order valence-electron chi connectivity index (χ4n) is 0.821. The van der Waals surface area contributed by atoms with E-state index in [-0.39, 0.29) is 17.8 Å². The number of hydroxylamine groups is 1. The molecule has 0 spiro atoms. The molecule has 0 saturated carbocycles. The first-order valence-corrected chi connectivity index (χ1v) is 4.48. The molecular weight excluding hydrogens is 200 g/mol. The van der Waals surface area contributed by atoms with Crippen LogP contribution in [0.15, 0.2) is 10.6 Å². The third-order valence-electron chi connectivity index (χ3n) is 1.40. The molecule has 0 aliphatic carbocycles. The second-order valence-electron chi connectivity index (χ2n) is 4.02. The Kier molecular flexibility index (Phi) is 3.43. The van der Waals surface area contributed by atoms with Gasteiger partial charge in [0.25, 0.3) is 0 Å². The highest BCUT2D eigenvalue weighted by Gasteiger charge is 2.13. The molecule has 0 amide bonds. The molecule has 0 unspecified atom stereocenters. The Balaban J connectivity index is 2.41. The Morgan fingerprint density at radius 2 is 2.33 bits per heavy atom. The van der Waals surface area contributed by atoms with Crippen LogP contribution in [0, 0.1) is 0 Å². The second-order valence-corrected chi connectivity index (χ2v) is 4.02. The molecule has 0 aliphatic heterocycles. The van der Waals surface area contributed by atoms with Crippen LogP contribution in [-0.2, 0) is 11.4 Å². The summed E-state index contributed by atoms with van der Waals surface area (Å²) in [5.74, 6) is -0.696. The van der Waals surface area contributed by atoms with Crippen molar-refractivity contribution in [3.8, 4) is 0 Å². The van der Waals surface area contributed by atoms with Crippen molar-refractivity contribution in [3.05, 3.63) is 17.5 Å². The van der Waals surface area contributed by atoms with Gasteiger partial charge < -0.3 is 9.63 Å². The van der Waals surface area contributed by atoms with Gasteiger partial charge in [0.2, 0.25) is 0 Å². The minimum absolute atomic E-state index is 0.109. The second kappa shape index (κ2) is 4.41. The summed E-state index contributed by atoms with van der Waals surface area (Å²) >= 11 is 0. The minimum Gasteiger partial charge on any atom is -0.476 e. The van der Waals surface area contributed by atoms with Gasteiger partial charge in [-0.05, 0) is 20.8 Å². The van der Waals surface area contributed by atoms with Gasteiger partial charge >= 0.3 is 5.97 Å². The molecule has 1 aromatic rings. The van der Waals surface area contributed by atoms with Crippen LogP contribution in [0.4, 0.5) is 0 Å². The summed E-state index contributed by atoms with van der Waals surface area (Å²) in [6.07, 6.45) is 0. The maximum Gasteiger partial charge on any atom is 0.358 e. The normalized spacial score (nSPS) is 11.7. The third-order valence-corrected chi connectivity index (χ3v) is 1.40. The first kappa shape index (κ1) is 11.7. The smallest absolute Gasteiger partial charge is 0.358 e. The summed E-state index contributed by atoms with van der Waals surface area (Å²) in [6.45, 7) is 5.95. The molecule has 0 bridgehead atoms. The highest BCUT2D eigenvalue weighted by atomic mass is 16.7. The molecular formula is C9H14N2O4. The van der Waals surface area contributed by atoms with Gasteiger partial charge in [-0.25, -0.2) is 4.79 Å². The van der Waals surface area contributed by atoms with Crippen LogP contribution in [0.3, 0.4) is 0 Å². The molecule has 6 heteroatoms. The molecule has 0 aliphatic rings. The molecule has 6 nitrogen and oxygen atoms in total. The van der Waals surface area contributed by atoms with E-state index in [1.165, 1.54) is 6.07 Å². The third kappa shape index (κ3) is 4.09. The first-order valence-electron chi connectivity index (χ1n) is 4.48. The number of nitrogens with zero attached hydrogens (tertiary/aromatic N) is 1. The Hall–Kier alpha value is -1.40. The molecule has 84 valence electrons. The maximum absolute atomic E-state index is 10.5. The average Bonchev–Trinajstić information content (AvgIpc) is 2.50. The molecule has 0 saturated heterocycles. The predicted molar refractivity (Wildman–Crippen MR) is 51.1 cm³/mol. The number of aromatic carboxylic acids is 1. The summed E-state index contributed by atoms with van der Waals surface area (Å²) < 4.78 is 4.77. The highest BCUT2D eigenvalue weighted by Crippen LogP contribution is 2.06. The number of carbonyl (C=O) groups is 1. The molecule has 15 heavy (non-hydrogen) atoms. The zero-order chi connectivity index (χ0) is 11.5. The van der Waals surface area contributed by atoms with E-state index in [0.29, 0.717) is 5.76 Å². The number of hydrogen-bond donors (Lipinski definition) is 2. The van der Waals surface area contributed by atoms with Crippen molar-refractivity contribution in [3.63, 3.8) is 0 Å². The van der Waals surface area contributed by atoms with Crippen LogP contribution >= 0.6 is 0 Å². The van der Waals surface area contributed by atoms with E-state index >= 15 is 0 Å². The quantitative estimate of drug-likeness (QED) is 0.732. The van der Waals surface area contributed by atoms with Crippen LogP contribution in [0.2, 0.25) is 0 Å². The largest absolute Gasteiger partial charge is 0.476 e. The lowest BCUT2D eigenvalue weighted by atomic mass is 10.2. The van der Waals surface area contributed by atoms with Crippen molar-refractivity contribution in [2.45, 2.75) is 32.9 Å². The Morgan fingerprint density at radius 3 is 2.80 bits per heavy atom. The SMILES string of the molecule is CC(C)(C)ONCc1cc(C(=O)O)no1. The molecule has 0 radical (unpaired) electrons. The topological polar surface area (TPSA) is 84.6 Å². The van der Waals surface area contributed by atoms with Gasteiger partial charge in [0.15, 0.2) is 11.5 Å². The number of rotatable bonds is 4. The monoisotopic (exact) mass is 214 g/mol. The zero-order valence-corrected chi connectivity index (χ0v) is 8.90. The summed E-state index contributed by atoms with van der Waals surface area (Å²) in [7, 11) is 0. The molecule has 0 aromatic carbocycles. The van der Waals surface area contributed by atoms with Crippen LogP contribution in [0.1, 0.15) is 37.0 Å². The van der Waals surface area contributed by atoms with E-state index in [2.05, 4.69) is 10.6 Å². The van der Waals surface area contributed by atoms with E-state index in [1.54, 1.807) is 0 Å². The van der Waals surface area contributed by atoms with E-state index in [0.717, 1.165) is 0 Å². The minimum atomic E-state index is -1.11. The fraction of sp³-hybridized carbons (Fsp3) is 0.556. The molecule has 1 rings (SSSR count). The standard InChI is InChI=1S/C9H14N2O4/c1-9(2,3)15-10-5-6-4-7(8(12)13)11-14-6/h4,10H,5H2,1-3H3,(H,12,13). The van der Waals surface area contributed by atoms with Gasteiger partial charge in [-0.1, -0.05) is 5.16 Å². The Labute approximate surface area is 87.2 Å². The van der Waals surface area contributed by atoms with E-state index < -0.39 is 5.97 Å². The summed E-state index contributed by atoms with van der Waals surface area (Å²) in [5.41, 5.74) is 2.25. The van der Waals surface area contributed by atoms with Crippen molar-refractivity contribution in [1.29, 1.82) is 0 Å². The highest BCUT2D eigenvalue weighted by molar-refractivity contribution is 5.85. The summed E-state index contributed by atoms with van der Waals surface area (Å²) in [5, 5.41) is 11.9. The van der Waals surface area contributed by atoms with Crippen molar-refractivity contribution in [1.82, 2.24) is 10.6 Å². The number of nitrogens with one attached hydrogen (secondary N) is 1.